The van der Waals surface area contributed by atoms with Crippen molar-refractivity contribution in [2.24, 2.45) is 0 Å². The largest absolute Gasteiger partial charge is 0.497 e. The van der Waals surface area contributed by atoms with Crippen LogP contribution in [0.25, 0.3) is 11.6 Å². The summed E-state index contributed by atoms with van der Waals surface area (Å²) in [5.74, 6) is 0.562. The van der Waals surface area contributed by atoms with Crippen molar-refractivity contribution < 1.29 is 14.3 Å². The summed E-state index contributed by atoms with van der Waals surface area (Å²) in [4.78, 5) is 12.2. The summed E-state index contributed by atoms with van der Waals surface area (Å²) in [6, 6.07) is 25.5. The molecular weight excluding hydrogens is 338 g/mol. The summed E-state index contributed by atoms with van der Waals surface area (Å²) in [7, 11) is 1.54. The molecule has 0 heterocycles. The predicted molar refractivity (Wildman–Crippen MR) is 104 cm³/mol. The molecule has 0 fully saturated rings. The molecule has 3 aromatic rings. The lowest BCUT2D eigenvalue weighted by molar-refractivity contribution is 0.0734. The van der Waals surface area contributed by atoms with Crippen LogP contribution in [0.5, 0.6) is 11.5 Å². The molecule has 3 aromatic carbocycles. The maximum Gasteiger partial charge on any atom is 0.343 e. The molecule has 4 heteroatoms. The third-order valence-corrected chi connectivity index (χ3v) is 3.91. The lowest BCUT2D eigenvalue weighted by Crippen LogP contribution is -2.08. The monoisotopic (exact) mass is 355 g/mol. The summed E-state index contributed by atoms with van der Waals surface area (Å²) in [5.41, 5.74) is 2.68. The zero-order valence-electron chi connectivity index (χ0n) is 14.8. The molecule has 0 saturated heterocycles. The Kier molecular flexibility index (Phi) is 5.66. The normalized spacial score (nSPS) is 10.7. The smallest absolute Gasteiger partial charge is 0.343 e. The Labute approximate surface area is 157 Å². The summed E-state index contributed by atoms with van der Waals surface area (Å²) in [6.45, 7) is 0. The first-order valence-corrected chi connectivity index (χ1v) is 8.33. The molecule has 0 aromatic heterocycles. The van der Waals surface area contributed by atoms with E-state index in [9.17, 15) is 10.1 Å². The maximum atomic E-state index is 12.2. The molecule has 4 nitrogen and oxygen atoms in total. The Balaban J connectivity index is 1.74. The number of methoxy groups -OCH3 is 1. The highest BCUT2D eigenvalue weighted by atomic mass is 16.5. The van der Waals surface area contributed by atoms with Gasteiger partial charge in [0, 0.05) is 0 Å². The number of nitriles is 1. The minimum atomic E-state index is -0.459. The molecule has 0 saturated carbocycles. The fourth-order valence-corrected chi connectivity index (χ4v) is 2.51. The number of carbonyl (C=O) groups is 1. The first kappa shape index (κ1) is 18.0. The van der Waals surface area contributed by atoms with Gasteiger partial charge in [-0.15, -0.1) is 0 Å². The molecule has 0 radical (unpaired) electrons. The lowest BCUT2D eigenvalue weighted by atomic mass is 10.0. The Hall–Kier alpha value is -3.84. The quantitative estimate of drug-likeness (QED) is 0.280. The Bertz CT molecular complexity index is 1000. The van der Waals surface area contributed by atoms with Crippen molar-refractivity contribution in [3.05, 3.63) is 95.6 Å². The van der Waals surface area contributed by atoms with Crippen molar-refractivity contribution in [1.82, 2.24) is 0 Å². The van der Waals surface area contributed by atoms with Crippen molar-refractivity contribution >= 4 is 17.6 Å². The zero-order valence-corrected chi connectivity index (χ0v) is 14.8. The molecule has 0 spiro atoms. The highest BCUT2D eigenvalue weighted by Gasteiger charge is 2.09. The van der Waals surface area contributed by atoms with E-state index in [-0.39, 0.29) is 0 Å². The average Bonchev–Trinajstić information content (AvgIpc) is 2.73. The maximum absolute atomic E-state index is 12.2. The average molecular weight is 355 g/mol. The van der Waals surface area contributed by atoms with Gasteiger partial charge in [-0.25, -0.2) is 4.79 Å². The van der Waals surface area contributed by atoms with Crippen LogP contribution in [0, 0.1) is 11.3 Å². The molecule has 27 heavy (non-hydrogen) atoms. The van der Waals surface area contributed by atoms with E-state index in [1.807, 2.05) is 30.3 Å². The van der Waals surface area contributed by atoms with Crippen LogP contribution in [0.3, 0.4) is 0 Å². The van der Waals surface area contributed by atoms with Gasteiger partial charge in [0.2, 0.25) is 0 Å². The number of esters is 1. The van der Waals surface area contributed by atoms with E-state index in [0.717, 1.165) is 11.1 Å². The minimum Gasteiger partial charge on any atom is -0.497 e. The minimum absolute atomic E-state index is 0.411. The number of allylic oxidation sites excluding steroid dienone is 1. The Morgan fingerprint density at radius 1 is 0.889 bits per heavy atom. The summed E-state index contributed by atoms with van der Waals surface area (Å²) in [5, 5.41) is 9.39. The van der Waals surface area contributed by atoms with Crippen LogP contribution in [0.1, 0.15) is 21.5 Å². The summed E-state index contributed by atoms with van der Waals surface area (Å²) >= 11 is 0. The number of hydrogen-bond acceptors (Lipinski definition) is 4. The number of benzene rings is 3. The standard InChI is InChI=1S/C23H17NO3/c1-26-22-9-5-8-19(15-22)23(25)27-21-12-10-17(11-13-21)14-20(16-24)18-6-3-2-4-7-18/h2-15H,1H3/b20-14-. The predicted octanol–water partition coefficient (Wildman–Crippen LogP) is 4.98. The molecular formula is C23H17NO3. The van der Waals surface area contributed by atoms with Gasteiger partial charge in [0.15, 0.2) is 0 Å². The summed E-state index contributed by atoms with van der Waals surface area (Å²) < 4.78 is 10.5. The fourth-order valence-electron chi connectivity index (χ4n) is 2.51. The summed E-state index contributed by atoms with van der Waals surface area (Å²) in [6.07, 6.45) is 1.79. The second-order valence-electron chi connectivity index (χ2n) is 5.73. The molecule has 0 aliphatic rings. The van der Waals surface area contributed by atoms with Gasteiger partial charge in [0.25, 0.3) is 0 Å². The lowest BCUT2D eigenvalue weighted by Gasteiger charge is -2.06. The van der Waals surface area contributed by atoms with Crippen LogP contribution in [0.15, 0.2) is 78.9 Å². The van der Waals surface area contributed by atoms with E-state index in [2.05, 4.69) is 6.07 Å². The van der Waals surface area contributed by atoms with Crippen LogP contribution in [0.2, 0.25) is 0 Å². The van der Waals surface area contributed by atoms with E-state index in [1.54, 1.807) is 61.7 Å². The van der Waals surface area contributed by atoms with Crippen LogP contribution >= 0.6 is 0 Å². The van der Waals surface area contributed by atoms with Crippen LogP contribution in [-0.2, 0) is 0 Å². The first-order valence-electron chi connectivity index (χ1n) is 8.33. The molecule has 0 aliphatic heterocycles. The molecule has 0 amide bonds. The van der Waals surface area contributed by atoms with E-state index >= 15 is 0 Å². The van der Waals surface area contributed by atoms with E-state index in [4.69, 9.17) is 9.47 Å². The fraction of sp³-hybridized carbons (Fsp3) is 0.0435. The number of ether oxygens (including phenoxy) is 2. The van der Waals surface area contributed by atoms with Gasteiger partial charge in [0.05, 0.1) is 24.3 Å². The third-order valence-electron chi connectivity index (χ3n) is 3.91. The van der Waals surface area contributed by atoms with Crippen LogP contribution in [-0.4, -0.2) is 13.1 Å². The third kappa shape index (κ3) is 4.62. The first-order chi connectivity index (χ1) is 13.2. The number of carbonyl (C=O) groups excluding carboxylic acids is 1. The van der Waals surface area contributed by atoms with Crippen molar-refractivity contribution in [2.45, 2.75) is 0 Å². The number of hydrogen-bond donors (Lipinski definition) is 0. The van der Waals surface area contributed by atoms with Gasteiger partial charge < -0.3 is 9.47 Å². The number of nitrogens with zero attached hydrogens (tertiary/aromatic N) is 1. The molecule has 0 N–H and O–H groups in total. The molecule has 132 valence electrons. The van der Waals surface area contributed by atoms with Gasteiger partial charge in [-0.1, -0.05) is 48.5 Å². The molecule has 0 atom stereocenters. The van der Waals surface area contributed by atoms with Gasteiger partial charge in [-0.3, -0.25) is 0 Å². The highest BCUT2D eigenvalue weighted by Crippen LogP contribution is 2.21. The van der Waals surface area contributed by atoms with Crippen molar-refractivity contribution in [3.63, 3.8) is 0 Å². The van der Waals surface area contributed by atoms with Crippen LogP contribution in [0.4, 0.5) is 0 Å². The number of rotatable bonds is 5. The molecule has 0 unspecified atom stereocenters. The SMILES string of the molecule is COc1cccc(C(=O)Oc2ccc(/C=C(/C#N)c3ccccc3)cc2)c1. The second-order valence-corrected chi connectivity index (χ2v) is 5.73. The molecule has 0 bridgehead atoms. The van der Waals surface area contributed by atoms with Gasteiger partial charge in [-0.05, 0) is 47.5 Å². The van der Waals surface area contributed by atoms with Gasteiger partial charge in [-0.2, -0.15) is 5.26 Å². The van der Waals surface area contributed by atoms with Gasteiger partial charge in [0.1, 0.15) is 11.5 Å². The van der Waals surface area contributed by atoms with E-state index < -0.39 is 5.97 Å². The molecule has 0 aliphatic carbocycles. The van der Waals surface area contributed by atoms with E-state index in [0.29, 0.717) is 22.6 Å². The van der Waals surface area contributed by atoms with Crippen molar-refractivity contribution in [1.29, 1.82) is 5.26 Å². The van der Waals surface area contributed by atoms with Crippen molar-refractivity contribution in [3.8, 4) is 17.6 Å². The van der Waals surface area contributed by atoms with Crippen LogP contribution < -0.4 is 9.47 Å². The topological polar surface area (TPSA) is 59.3 Å². The molecule has 3 rings (SSSR count). The van der Waals surface area contributed by atoms with E-state index in [1.165, 1.54) is 0 Å². The highest BCUT2D eigenvalue weighted by molar-refractivity contribution is 5.92. The van der Waals surface area contributed by atoms with Gasteiger partial charge >= 0.3 is 5.97 Å². The Morgan fingerprint density at radius 3 is 2.26 bits per heavy atom. The Morgan fingerprint density at radius 2 is 1.59 bits per heavy atom. The second kappa shape index (κ2) is 8.50. The zero-order chi connectivity index (χ0) is 19.1. The van der Waals surface area contributed by atoms with Crippen molar-refractivity contribution in [2.75, 3.05) is 7.11 Å².